The highest BCUT2D eigenvalue weighted by Crippen LogP contribution is 2.34. The largest absolute Gasteiger partial charge is 0.479 e. The Hall–Kier alpha value is -1.92. The highest BCUT2D eigenvalue weighted by molar-refractivity contribution is 5.85. The van der Waals surface area contributed by atoms with Crippen LogP contribution < -0.4 is 5.32 Å². The summed E-state index contributed by atoms with van der Waals surface area (Å²) in [7, 11) is 0. The van der Waals surface area contributed by atoms with Gasteiger partial charge in [0.25, 0.3) is 5.89 Å². The number of aromatic nitrogens is 2. The minimum Gasteiger partial charge on any atom is -0.479 e. The van der Waals surface area contributed by atoms with Crippen molar-refractivity contribution >= 4 is 18.4 Å². The van der Waals surface area contributed by atoms with Crippen molar-refractivity contribution in [1.82, 2.24) is 15.5 Å². The molecule has 6 nitrogen and oxygen atoms in total. The molecule has 0 bridgehead atoms. The maximum Gasteiger partial charge on any atom is 0.338 e. The van der Waals surface area contributed by atoms with Crippen LogP contribution in [-0.2, 0) is 16.8 Å². The molecular formula is C13H14ClN3O3. The number of rotatable bonds is 2. The molecule has 0 amide bonds. The van der Waals surface area contributed by atoms with Gasteiger partial charge in [-0.05, 0) is 24.5 Å². The molecule has 0 aliphatic carbocycles. The van der Waals surface area contributed by atoms with Crippen LogP contribution in [0.1, 0.15) is 22.8 Å². The summed E-state index contributed by atoms with van der Waals surface area (Å²) < 4.78 is 5.12. The summed E-state index contributed by atoms with van der Waals surface area (Å²) in [4.78, 5) is 16.0. The first-order valence-electron chi connectivity index (χ1n) is 6.02. The van der Waals surface area contributed by atoms with E-state index in [1.54, 1.807) is 13.0 Å². The minimum absolute atomic E-state index is 0. The number of hydrogen-bond acceptors (Lipinski definition) is 5. The zero-order chi connectivity index (χ0) is 13.5. The standard InChI is InChI=1S/C13H13N3O3.ClH/c1-8-15-11(19-16-8)13(12(17)18)10-5-3-2-4-9(10)6-7-14-13;/h2-5,14H,6-7H2,1H3,(H,17,18);1H. The van der Waals surface area contributed by atoms with Crippen molar-refractivity contribution in [3.8, 4) is 0 Å². The lowest BCUT2D eigenvalue weighted by molar-refractivity contribution is -0.144. The summed E-state index contributed by atoms with van der Waals surface area (Å²) in [5.74, 6) is -0.548. The third-order valence-corrected chi connectivity index (χ3v) is 3.38. The Morgan fingerprint density at radius 3 is 2.85 bits per heavy atom. The van der Waals surface area contributed by atoms with Gasteiger partial charge in [-0.1, -0.05) is 29.4 Å². The summed E-state index contributed by atoms with van der Waals surface area (Å²) in [6, 6.07) is 7.43. The average Bonchev–Trinajstić information content (AvgIpc) is 2.84. The van der Waals surface area contributed by atoms with Crippen molar-refractivity contribution in [1.29, 1.82) is 0 Å². The molecule has 1 aromatic carbocycles. The Kier molecular flexibility index (Phi) is 3.78. The van der Waals surface area contributed by atoms with Crippen LogP contribution in [-0.4, -0.2) is 27.8 Å². The number of benzene rings is 1. The predicted octanol–water partition coefficient (Wildman–Crippen LogP) is 1.27. The number of aryl methyl sites for hydroxylation is 1. The van der Waals surface area contributed by atoms with E-state index in [2.05, 4.69) is 15.5 Å². The second-order valence-electron chi connectivity index (χ2n) is 4.54. The maximum absolute atomic E-state index is 11.9. The molecule has 0 fully saturated rings. The molecule has 1 aliphatic rings. The van der Waals surface area contributed by atoms with E-state index in [4.69, 9.17) is 4.52 Å². The molecule has 2 aromatic rings. The Morgan fingerprint density at radius 2 is 2.20 bits per heavy atom. The molecular weight excluding hydrogens is 282 g/mol. The van der Waals surface area contributed by atoms with Crippen LogP contribution in [0.15, 0.2) is 28.8 Å². The number of carbonyl (C=O) groups is 1. The molecule has 0 radical (unpaired) electrons. The fourth-order valence-corrected chi connectivity index (χ4v) is 2.51. The molecule has 0 saturated carbocycles. The third kappa shape index (κ3) is 1.97. The van der Waals surface area contributed by atoms with E-state index in [-0.39, 0.29) is 18.3 Å². The van der Waals surface area contributed by atoms with E-state index >= 15 is 0 Å². The number of hydrogen-bond donors (Lipinski definition) is 2. The number of aliphatic carboxylic acids is 1. The number of nitrogens with zero attached hydrogens (tertiary/aromatic N) is 2. The van der Waals surface area contributed by atoms with Crippen LogP contribution in [0.3, 0.4) is 0 Å². The third-order valence-electron chi connectivity index (χ3n) is 3.38. The van der Waals surface area contributed by atoms with Crippen LogP contribution in [0.2, 0.25) is 0 Å². The van der Waals surface area contributed by atoms with Gasteiger partial charge in [0.1, 0.15) is 0 Å². The number of carboxylic acid groups (broad SMARTS) is 1. The van der Waals surface area contributed by atoms with Crippen molar-refractivity contribution in [3.63, 3.8) is 0 Å². The molecule has 7 heteroatoms. The molecule has 0 spiro atoms. The monoisotopic (exact) mass is 295 g/mol. The lowest BCUT2D eigenvalue weighted by Crippen LogP contribution is -2.54. The SMILES string of the molecule is Cc1noc(C2(C(=O)O)NCCc3ccccc32)n1.Cl. The predicted molar refractivity (Wildman–Crippen MR) is 72.8 cm³/mol. The van der Waals surface area contributed by atoms with Gasteiger partial charge in [0.15, 0.2) is 5.82 Å². The average molecular weight is 296 g/mol. The molecule has 2 heterocycles. The van der Waals surface area contributed by atoms with Crippen molar-refractivity contribution in [2.24, 2.45) is 0 Å². The van der Waals surface area contributed by atoms with E-state index in [9.17, 15) is 9.90 Å². The van der Waals surface area contributed by atoms with E-state index in [1.165, 1.54) is 0 Å². The Labute approximate surface area is 121 Å². The van der Waals surface area contributed by atoms with E-state index in [0.29, 0.717) is 17.9 Å². The first-order valence-corrected chi connectivity index (χ1v) is 6.02. The number of halogens is 1. The van der Waals surface area contributed by atoms with Crippen LogP contribution in [0.25, 0.3) is 0 Å². The van der Waals surface area contributed by atoms with Crippen LogP contribution >= 0.6 is 12.4 Å². The van der Waals surface area contributed by atoms with Gasteiger partial charge in [-0.25, -0.2) is 4.79 Å². The summed E-state index contributed by atoms with van der Waals surface area (Å²) >= 11 is 0. The first-order chi connectivity index (χ1) is 9.14. The Balaban J connectivity index is 0.00000147. The van der Waals surface area contributed by atoms with E-state index < -0.39 is 11.5 Å². The van der Waals surface area contributed by atoms with Gasteiger partial charge in [0.05, 0.1) is 0 Å². The first kappa shape index (κ1) is 14.5. The Bertz CT molecular complexity index is 643. The van der Waals surface area contributed by atoms with E-state index in [1.807, 2.05) is 18.2 Å². The van der Waals surface area contributed by atoms with Crippen molar-refractivity contribution in [3.05, 3.63) is 47.1 Å². The second kappa shape index (κ2) is 5.22. The minimum atomic E-state index is -1.45. The zero-order valence-corrected chi connectivity index (χ0v) is 11.6. The second-order valence-corrected chi connectivity index (χ2v) is 4.54. The highest BCUT2D eigenvalue weighted by atomic mass is 35.5. The van der Waals surface area contributed by atoms with Crippen molar-refractivity contribution in [2.45, 2.75) is 18.9 Å². The van der Waals surface area contributed by atoms with Gasteiger partial charge in [-0.15, -0.1) is 12.4 Å². The number of carboxylic acids is 1. The molecule has 0 saturated heterocycles. The lowest BCUT2D eigenvalue weighted by atomic mass is 9.82. The molecule has 1 aliphatic heterocycles. The van der Waals surface area contributed by atoms with Gasteiger partial charge < -0.3 is 9.63 Å². The molecule has 106 valence electrons. The molecule has 1 aromatic heterocycles. The fourth-order valence-electron chi connectivity index (χ4n) is 2.51. The van der Waals surface area contributed by atoms with Gasteiger partial charge in [0.2, 0.25) is 5.54 Å². The van der Waals surface area contributed by atoms with Gasteiger partial charge in [0, 0.05) is 6.54 Å². The summed E-state index contributed by atoms with van der Waals surface area (Å²) in [6.45, 7) is 2.21. The van der Waals surface area contributed by atoms with Gasteiger partial charge in [-0.2, -0.15) is 4.98 Å². The van der Waals surface area contributed by atoms with Crippen LogP contribution in [0, 0.1) is 6.92 Å². The van der Waals surface area contributed by atoms with Crippen molar-refractivity contribution in [2.75, 3.05) is 6.54 Å². The molecule has 20 heavy (non-hydrogen) atoms. The molecule has 1 atom stereocenters. The lowest BCUT2D eigenvalue weighted by Gasteiger charge is -2.33. The van der Waals surface area contributed by atoms with Crippen LogP contribution in [0.4, 0.5) is 0 Å². The van der Waals surface area contributed by atoms with Gasteiger partial charge in [-0.3, -0.25) is 5.32 Å². The fraction of sp³-hybridized carbons (Fsp3) is 0.308. The Morgan fingerprint density at radius 1 is 1.45 bits per heavy atom. The highest BCUT2D eigenvalue weighted by Gasteiger charge is 2.50. The zero-order valence-electron chi connectivity index (χ0n) is 10.8. The number of fused-ring (bicyclic) bond motifs is 1. The summed E-state index contributed by atoms with van der Waals surface area (Å²) in [6.07, 6.45) is 0.776. The topological polar surface area (TPSA) is 88.2 Å². The summed E-state index contributed by atoms with van der Waals surface area (Å²) in [5, 5.41) is 16.4. The smallest absolute Gasteiger partial charge is 0.338 e. The van der Waals surface area contributed by atoms with E-state index in [0.717, 1.165) is 12.0 Å². The van der Waals surface area contributed by atoms with Crippen molar-refractivity contribution < 1.29 is 14.4 Å². The quantitative estimate of drug-likeness (QED) is 0.867. The summed E-state index contributed by atoms with van der Waals surface area (Å²) in [5.41, 5.74) is 0.202. The maximum atomic E-state index is 11.9. The molecule has 1 unspecified atom stereocenters. The molecule has 2 N–H and O–H groups in total. The normalized spacial score (nSPS) is 20.9. The number of nitrogens with one attached hydrogen (secondary N) is 1. The van der Waals surface area contributed by atoms with Crippen LogP contribution in [0.5, 0.6) is 0 Å². The molecule has 3 rings (SSSR count). The van der Waals surface area contributed by atoms with Gasteiger partial charge >= 0.3 is 5.97 Å².